The molecule has 1 aliphatic rings. The fraction of sp³-hybridized carbons (Fsp3) is 0.533. The van der Waals surface area contributed by atoms with Crippen LogP contribution in [0.5, 0.6) is 0 Å². The Morgan fingerprint density at radius 3 is 2.40 bits per heavy atom. The number of nitrogens with one attached hydrogen (secondary N) is 1. The first-order valence-electron chi connectivity index (χ1n) is 7.13. The first-order valence-corrected chi connectivity index (χ1v) is 7.13. The second-order valence-electron chi connectivity index (χ2n) is 5.14. The number of amides is 2. The largest absolute Gasteiger partial charge is 0.331 e. The lowest BCUT2D eigenvalue weighted by Crippen LogP contribution is -2.51. The SMILES string of the molecule is CCN1CCN(C(=O)NC(C)c2ccc(F)cc2)CC1. The van der Waals surface area contributed by atoms with Crippen molar-refractivity contribution in [2.45, 2.75) is 19.9 Å². The molecule has 2 amide bonds. The van der Waals surface area contributed by atoms with E-state index in [0.717, 1.165) is 38.3 Å². The monoisotopic (exact) mass is 279 g/mol. The highest BCUT2D eigenvalue weighted by atomic mass is 19.1. The molecular weight excluding hydrogens is 257 g/mol. The van der Waals surface area contributed by atoms with Crippen molar-refractivity contribution < 1.29 is 9.18 Å². The van der Waals surface area contributed by atoms with E-state index in [0.29, 0.717) is 0 Å². The van der Waals surface area contributed by atoms with E-state index >= 15 is 0 Å². The maximum atomic E-state index is 12.9. The van der Waals surface area contributed by atoms with Gasteiger partial charge in [0.1, 0.15) is 5.82 Å². The van der Waals surface area contributed by atoms with Crippen LogP contribution in [0.4, 0.5) is 9.18 Å². The molecule has 1 N–H and O–H groups in total. The van der Waals surface area contributed by atoms with Crippen LogP contribution in [0.25, 0.3) is 0 Å². The maximum absolute atomic E-state index is 12.9. The Balaban J connectivity index is 1.86. The summed E-state index contributed by atoms with van der Waals surface area (Å²) in [6, 6.07) is 6.07. The minimum absolute atomic E-state index is 0.0439. The van der Waals surface area contributed by atoms with Crippen LogP contribution < -0.4 is 5.32 Å². The van der Waals surface area contributed by atoms with Crippen LogP contribution >= 0.6 is 0 Å². The predicted octanol–water partition coefficient (Wildman–Crippen LogP) is 2.23. The number of carbonyl (C=O) groups is 1. The molecule has 0 aliphatic carbocycles. The van der Waals surface area contributed by atoms with E-state index in [1.165, 1.54) is 12.1 Å². The number of carbonyl (C=O) groups excluding carboxylic acids is 1. The number of hydrogen-bond acceptors (Lipinski definition) is 2. The van der Waals surface area contributed by atoms with Crippen molar-refractivity contribution in [1.29, 1.82) is 0 Å². The summed E-state index contributed by atoms with van der Waals surface area (Å²) in [5, 5.41) is 2.96. The third-order valence-electron chi connectivity index (χ3n) is 3.82. The summed E-state index contributed by atoms with van der Waals surface area (Å²) in [5.74, 6) is -0.261. The quantitative estimate of drug-likeness (QED) is 0.921. The lowest BCUT2D eigenvalue weighted by molar-refractivity contribution is 0.141. The van der Waals surface area contributed by atoms with Crippen LogP contribution in [0.2, 0.25) is 0 Å². The Labute approximate surface area is 119 Å². The van der Waals surface area contributed by atoms with Gasteiger partial charge in [-0.25, -0.2) is 9.18 Å². The topological polar surface area (TPSA) is 35.6 Å². The summed E-state index contributed by atoms with van der Waals surface area (Å²) in [6.45, 7) is 8.44. The zero-order chi connectivity index (χ0) is 14.5. The van der Waals surface area contributed by atoms with Crippen molar-refractivity contribution >= 4 is 6.03 Å². The fourth-order valence-corrected chi connectivity index (χ4v) is 2.38. The molecule has 1 unspecified atom stereocenters. The molecule has 20 heavy (non-hydrogen) atoms. The van der Waals surface area contributed by atoms with Gasteiger partial charge < -0.3 is 15.1 Å². The van der Waals surface area contributed by atoms with Crippen LogP contribution in [-0.4, -0.2) is 48.6 Å². The molecule has 1 fully saturated rings. The minimum atomic E-state index is -0.261. The molecule has 0 saturated carbocycles. The first-order chi connectivity index (χ1) is 9.60. The second-order valence-corrected chi connectivity index (χ2v) is 5.14. The van der Waals surface area contributed by atoms with Crippen LogP contribution in [0.3, 0.4) is 0 Å². The molecule has 1 atom stereocenters. The molecule has 0 radical (unpaired) electrons. The Morgan fingerprint density at radius 2 is 1.85 bits per heavy atom. The smallest absolute Gasteiger partial charge is 0.317 e. The summed E-state index contributed by atoms with van der Waals surface area (Å²) in [5.41, 5.74) is 0.909. The molecule has 0 bridgehead atoms. The number of piperazine rings is 1. The number of urea groups is 1. The Hall–Kier alpha value is -1.62. The molecule has 1 aromatic rings. The molecule has 110 valence electrons. The predicted molar refractivity (Wildman–Crippen MR) is 77.0 cm³/mol. The van der Waals surface area contributed by atoms with E-state index in [2.05, 4.69) is 17.1 Å². The van der Waals surface area contributed by atoms with E-state index in [4.69, 9.17) is 0 Å². The molecule has 4 nitrogen and oxygen atoms in total. The number of nitrogens with zero attached hydrogens (tertiary/aromatic N) is 2. The molecule has 1 heterocycles. The van der Waals surface area contributed by atoms with Crippen molar-refractivity contribution in [2.75, 3.05) is 32.7 Å². The van der Waals surface area contributed by atoms with Gasteiger partial charge in [0.2, 0.25) is 0 Å². The molecule has 1 saturated heterocycles. The first kappa shape index (κ1) is 14.8. The van der Waals surface area contributed by atoms with Gasteiger partial charge in [-0.1, -0.05) is 19.1 Å². The zero-order valence-corrected chi connectivity index (χ0v) is 12.1. The van der Waals surface area contributed by atoms with Gasteiger partial charge in [0.05, 0.1) is 6.04 Å². The Kier molecular flexibility index (Phi) is 4.95. The molecule has 1 aliphatic heterocycles. The summed E-state index contributed by atoms with van der Waals surface area (Å²) in [7, 11) is 0. The van der Waals surface area contributed by atoms with E-state index in [-0.39, 0.29) is 17.9 Å². The van der Waals surface area contributed by atoms with Gasteiger partial charge in [-0.05, 0) is 31.2 Å². The van der Waals surface area contributed by atoms with E-state index < -0.39 is 0 Å². The number of likely N-dealkylation sites (N-methyl/N-ethyl adjacent to an activating group) is 1. The number of halogens is 1. The number of benzene rings is 1. The van der Waals surface area contributed by atoms with E-state index in [1.807, 2.05) is 11.8 Å². The molecule has 0 aromatic heterocycles. The fourth-order valence-electron chi connectivity index (χ4n) is 2.38. The Bertz CT molecular complexity index is 441. The van der Waals surface area contributed by atoms with Gasteiger partial charge in [-0.2, -0.15) is 0 Å². The van der Waals surface area contributed by atoms with Crippen LogP contribution in [0.15, 0.2) is 24.3 Å². The Morgan fingerprint density at radius 1 is 1.25 bits per heavy atom. The van der Waals surface area contributed by atoms with Crippen molar-refractivity contribution in [2.24, 2.45) is 0 Å². The van der Waals surface area contributed by atoms with Crippen LogP contribution in [0, 0.1) is 5.82 Å². The van der Waals surface area contributed by atoms with Crippen molar-refractivity contribution in [3.05, 3.63) is 35.6 Å². The summed E-state index contributed by atoms with van der Waals surface area (Å²) in [4.78, 5) is 16.3. The molecule has 1 aromatic carbocycles. The summed E-state index contributed by atoms with van der Waals surface area (Å²) >= 11 is 0. The molecule has 0 spiro atoms. The molecule has 2 rings (SSSR count). The zero-order valence-electron chi connectivity index (χ0n) is 12.1. The van der Waals surface area contributed by atoms with Crippen molar-refractivity contribution in [3.63, 3.8) is 0 Å². The van der Waals surface area contributed by atoms with Gasteiger partial charge in [0, 0.05) is 26.2 Å². The van der Waals surface area contributed by atoms with Crippen LogP contribution in [-0.2, 0) is 0 Å². The van der Waals surface area contributed by atoms with Gasteiger partial charge in [-0.3, -0.25) is 0 Å². The maximum Gasteiger partial charge on any atom is 0.317 e. The number of hydrogen-bond donors (Lipinski definition) is 1. The van der Waals surface area contributed by atoms with Crippen molar-refractivity contribution in [3.8, 4) is 0 Å². The molecular formula is C15H22FN3O. The minimum Gasteiger partial charge on any atom is -0.331 e. The lowest BCUT2D eigenvalue weighted by Gasteiger charge is -2.34. The van der Waals surface area contributed by atoms with Gasteiger partial charge >= 0.3 is 6.03 Å². The second kappa shape index (κ2) is 6.70. The van der Waals surface area contributed by atoms with Gasteiger partial charge in [0.15, 0.2) is 0 Å². The van der Waals surface area contributed by atoms with Crippen LogP contribution in [0.1, 0.15) is 25.5 Å². The summed E-state index contributed by atoms with van der Waals surface area (Å²) in [6.07, 6.45) is 0. The normalized spacial score (nSPS) is 17.9. The van der Waals surface area contributed by atoms with E-state index in [9.17, 15) is 9.18 Å². The standard InChI is InChI=1S/C15H22FN3O/c1-3-18-8-10-19(11-9-18)15(20)17-12(2)13-4-6-14(16)7-5-13/h4-7,12H,3,8-11H2,1-2H3,(H,17,20). The lowest BCUT2D eigenvalue weighted by atomic mass is 10.1. The third kappa shape index (κ3) is 3.70. The highest BCUT2D eigenvalue weighted by Gasteiger charge is 2.21. The average Bonchev–Trinajstić information content (AvgIpc) is 2.48. The molecule has 5 heteroatoms. The van der Waals surface area contributed by atoms with Gasteiger partial charge in [0.25, 0.3) is 0 Å². The highest BCUT2D eigenvalue weighted by molar-refractivity contribution is 5.74. The third-order valence-corrected chi connectivity index (χ3v) is 3.82. The average molecular weight is 279 g/mol. The number of rotatable bonds is 3. The van der Waals surface area contributed by atoms with Crippen molar-refractivity contribution in [1.82, 2.24) is 15.1 Å². The highest BCUT2D eigenvalue weighted by Crippen LogP contribution is 2.13. The summed E-state index contributed by atoms with van der Waals surface area (Å²) < 4.78 is 12.9. The van der Waals surface area contributed by atoms with E-state index in [1.54, 1.807) is 12.1 Å². The van der Waals surface area contributed by atoms with Gasteiger partial charge in [-0.15, -0.1) is 0 Å².